The van der Waals surface area contributed by atoms with Crippen LogP contribution in [0.2, 0.25) is 10.0 Å². The van der Waals surface area contributed by atoms with E-state index >= 15 is 0 Å². The van der Waals surface area contributed by atoms with Crippen LogP contribution in [-0.4, -0.2) is 38.3 Å². The van der Waals surface area contributed by atoms with Crippen LogP contribution in [0, 0.1) is 5.92 Å². The van der Waals surface area contributed by atoms with Gasteiger partial charge in [-0.1, -0.05) is 29.3 Å². The molecule has 23 heavy (non-hydrogen) atoms. The predicted octanol–water partition coefficient (Wildman–Crippen LogP) is 2.67. The van der Waals surface area contributed by atoms with Gasteiger partial charge in [0.1, 0.15) is 0 Å². The maximum atomic E-state index is 12.7. The summed E-state index contributed by atoms with van der Waals surface area (Å²) in [7, 11) is -3.58. The molecule has 1 atom stereocenters. The molecule has 1 aliphatic rings. The van der Waals surface area contributed by atoms with E-state index in [1.807, 2.05) is 6.92 Å². The van der Waals surface area contributed by atoms with Gasteiger partial charge >= 0.3 is 0 Å². The molecule has 1 saturated heterocycles. The van der Waals surface area contributed by atoms with Crippen LogP contribution in [0.5, 0.6) is 0 Å². The lowest BCUT2D eigenvalue weighted by Crippen LogP contribution is -2.45. The Kier molecular flexibility index (Phi) is 6.31. The summed E-state index contributed by atoms with van der Waals surface area (Å²) in [5.74, 6) is -0.656. The molecule has 5 nitrogen and oxygen atoms in total. The molecule has 0 aliphatic carbocycles. The fraction of sp³-hybridized carbons (Fsp3) is 0.533. The van der Waals surface area contributed by atoms with Crippen molar-refractivity contribution in [2.75, 3.05) is 19.6 Å². The van der Waals surface area contributed by atoms with E-state index in [9.17, 15) is 13.2 Å². The number of rotatable bonds is 5. The molecule has 0 radical (unpaired) electrons. The van der Waals surface area contributed by atoms with Crippen LogP contribution in [0.15, 0.2) is 18.2 Å². The van der Waals surface area contributed by atoms with Crippen molar-refractivity contribution in [2.24, 2.45) is 5.92 Å². The Morgan fingerprint density at radius 1 is 1.35 bits per heavy atom. The van der Waals surface area contributed by atoms with Crippen molar-refractivity contribution in [2.45, 2.75) is 25.5 Å². The zero-order chi connectivity index (χ0) is 17.0. The summed E-state index contributed by atoms with van der Waals surface area (Å²) in [5, 5.41) is 3.42. The van der Waals surface area contributed by atoms with Gasteiger partial charge in [0.25, 0.3) is 0 Å². The number of amides is 1. The summed E-state index contributed by atoms with van der Waals surface area (Å²) in [6.07, 6.45) is 1.36. The highest BCUT2D eigenvalue weighted by molar-refractivity contribution is 7.88. The fourth-order valence-corrected chi connectivity index (χ4v) is 5.03. The molecule has 8 heteroatoms. The molecule has 1 unspecified atom stereocenters. The molecule has 1 heterocycles. The predicted molar refractivity (Wildman–Crippen MR) is 92.1 cm³/mol. The maximum Gasteiger partial charge on any atom is 0.224 e. The minimum absolute atomic E-state index is 0.0943. The zero-order valence-corrected chi connectivity index (χ0v) is 15.2. The van der Waals surface area contributed by atoms with E-state index < -0.39 is 10.0 Å². The van der Waals surface area contributed by atoms with Gasteiger partial charge in [0.15, 0.2) is 0 Å². The Labute approximate surface area is 147 Å². The van der Waals surface area contributed by atoms with Crippen LogP contribution in [-0.2, 0) is 20.6 Å². The Morgan fingerprint density at radius 2 is 2.00 bits per heavy atom. The van der Waals surface area contributed by atoms with Crippen LogP contribution >= 0.6 is 23.2 Å². The largest absolute Gasteiger partial charge is 0.356 e. The summed E-state index contributed by atoms with van der Waals surface area (Å²) in [6.45, 7) is 3.00. The second-order valence-electron chi connectivity index (χ2n) is 5.55. The summed E-state index contributed by atoms with van der Waals surface area (Å²) in [4.78, 5) is 12.0. The van der Waals surface area contributed by atoms with Gasteiger partial charge in [-0.2, -0.15) is 0 Å². The molecule has 1 fully saturated rings. The molecule has 2 rings (SSSR count). The van der Waals surface area contributed by atoms with Gasteiger partial charge in [0, 0.05) is 35.2 Å². The van der Waals surface area contributed by atoms with Gasteiger partial charge in [-0.15, -0.1) is 0 Å². The first-order valence-electron chi connectivity index (χ1n) is 7.53. The second-order valence-corrected chi connectivity index (χ2v) is 8.33. The highest BCUT2D eigenvalue weighted by Crippen LogP contribution is 2.28. The van der Waals surface area contributed by atoms with Crippen LogP contribution < -0.4 is 5.32 Å². The third kappa shape index (κ3) is 4.59. The number of nitrogens with one attached hydrogen (secondary N) is 1. The molecule has 0 saturated carbocycles. The number of benzene rings is 1. The van der Waals surface area contributed by atoms with Gasteiger partial charge < -0.3 is 5.32 Å². The molecule has 128 valence electrons. The second kappa shape index (κ2) is 7.83. The zero-order valence-electron chi connectivity index (χ0n) is 12.9. The average molecular weight is 379 g/mol. The summed E-state index contributed by atoms with van der Waals surface area (Å²) in [5.41, 5.74) is 0.399. The van der Waals surface area contributed by atoms with E-state index in [-0.39, 0.29) is 24.1 Å². The van der Waals surface area contributed by atoms with E-state index in [2.05, 4.69) is 5.32 Å². The third-order valence-electron chi connectivity index (χ3n) is 3.89. The Morgan fingerprint density at radius 3 is 2.61 bits per heavy atom. The first-order valence-corrected chi connectivity index (χ1v) is 9.90. The SMILES string of the molecule is CCNC(=O)C1CCCN(S(=O)(=O)Cc2c(Cl)cccc2Cl)C1. The maximum absolute atomic E-state index is 12.7. The van der Waals surface area contributed by atoms with Crippen molar-refractivity contribution in [3.8, 4) is 0 Å². The molecule has 0 bridgehead atoms. The fourth-order valence-electron chi connectivity index (χ4n) is 2.67. The molecule has 1 aromatic carbocycles. The lowest BCUT2D eigenvalue weighted by molar-refractivity contribution is -0.125. The molecule has 1 aromatic rings. The van der Waals surface area contributed by atoms with Crippen LogP contribution in [0.25, 0.3) is 0 Å². The van der Waals surface area contributed by atoms with E-state index in [0.29, 0.717) is 41.5 Å². The van der Waals surface area contributed by atoms with Gasteiger partial charge in [0.05, 0.1) is 11.7 Å². The first kappa shape index (κ1) is 18.5. The Balaban J connectivity index is 2.14. The average Bonchev–Trinajstić information content (AvgIpc) is 2.51. The molecule has 1 amide bonds. The highest BCUT2D eigenvalue weighted by atomic mass is 35.5. The minimum atomic E-state index is -3.58. The lowest BCUT2D eigenvalue weighted by atomic mass is 9.99. The lowest BCUT2D eigenvalue weighted by Gasteiger charge is -2.31. The molecule has 1 N–H and O–H groups in total. The Bertz CT molecular complexity index is 659. The van der Waals surface area contributed by atoms with Crippen molar-refractivity contribution in [1.82, 2.24) is 9.62 Å². The normalized spacial score (nSPS) is 19.5. The number of piperidine rings is 1. The topological polar surface area (TPSA) is 66.5 Å². The van der Waals surface area contributed by atoms with Gasteiger partial charge in [-0.25, -0.2) is 12.7 Å². The molecule has 0 aromatic heterocycles. The molecule has 1 aliphatic heterocycles. The molecular formula is C15H20Cl2N2O3S. The van der Waals surface area contributed by atoms with Gasteiger partial charge in [0.2, 0.25) is 15.9 Å². The highest BCUT2D eigenvalue weighted by Gasteiger charge is 2.32. The number of sulfonamides is 1. The smallest absolute Gasteiger partial charge is 0.224 e. The summed E-state index contributed by atoms with van der Waals surface area (Å²) < 4.78 is 26.7. The van der Waals surface area contributed by atoms with Crippen molar-refractivity contribution in [1.29, 1.82) is 0 Å². The van der Waals surface area contributed by atoms with Crippen LogP contribution in [0.4, 0.5) is 0 Å². The van der Waals surface area contributed by atoms with Crippen molar-refractivity contribution < 1.29 is 13.2 Å². The number of halogens is 2. The number of carbonyl (C=O) groups excluding carboxylic acids is 1. The third-order valence-corrected chi connectivity index (χ3v) is 6.37. The van der Waals surface area contributed by atoms with Crippen molar-refractivity contribution in [3.63, 3.8) is 0 Å². The van der Waals surface area contributed by atoms with E-state index in [4.69, 9.17) is 23.2 Å². The molecule has 0 spiro atoms. The van der Waals surface area contributed by atoms with E-state index in [0.717, 1.165) is 0 Å². The number of carbonyl (C=O) groups is 1. The van der Waals surface area contributed by atoms with Crippen molar-refractivity contribution >= 4 is 39.1 Å². The number of hydrogen-bond donors (Lipinski definition) is 1. The monoisotopic (exact) mass is 378 g/mol. The summed E-state index contributed by atoms with van der Waals surface area (Å²) in [6, 6.07) is 4.91. The van der Waals surface area contributed by atoms with Crippen molar-refractivity contribution in [3.05, 3.63) is 33.8 Å². The van der Waals surface area contributed by atoms with E-state index in [1.165, 1.54) is 4.31 Å². The number of hydrogen-bond acceptors (Lipinski definition) is 3. The van der Waals surface area contributed by atoms with Crippen LogP contribution in [0.1, 0.15) is 25.3 Å². The Hall–Kier alpha value is -0.820. The minimum Gasteiger partial charge on any atom is -0.356 e. The van der Waals surface area contributed by atoms with Gasteiger partial charge in [-0.05, 0) is 31.9 Å². The van der Waals surface area contributed by atoms with E-state index in [1.54, 1.807) is 18.2 Å². The quantitative estimate of drug-likeness (QED) is 0.856. The van der Waals surface area contributed by atoms with Gasteiger partial charge in [-0.3, -0.25) is 4.79 Å². The summed E-state index contributed by atoms with van der Waals surface area (Å²) >= 11 is 12.1. The molecular weight excluding hydrogens is 359 g/mol. The first-order chi connectivity index (χ1) is 10.8. The number of nitrogens with zero attached hydrogens (tertiary/aromatic N) is 1. The van der Waals surface area contributed by atoms with Crippen LogP contribution in [0.3, 0.4) is 0 Å². The standard InChI is InChI=1S/C15H20Cl2N2O3S/c1-2-18-15(20)11-5-4-8-19(9-11)23(21,22)10-12-13(16)6-3-7-14(12)17/h3,6-7,11H,2,4-5,8-10H2,1H3,(H,18,20).